The van der Waals surface area contributed by atoms with Crippen LogP contribution in [0.25, 0.3) is 11.3 Å². The number of hydrogen-bond donors (Lipinski definition) is 3. The summed E-state index contributed by atoms with van der Waals surface area (Å²) in [5.74, 6) is -0.127. The van der Waals surface area contributed by atoms with Crippen LogP contribution in [0.2, 0.25) is 0 Å². The van der Waals surface area contributed by atoms with E-state index >= 15 is 0 Å². The molecule has 10 heteroatoms. The minimum absolute atomic E-state index is 0.0511. The fraction of sp³-hybridized carbons (Fsp3) is 0.360. The molecule has 9 nitrogen and oxygen atoms in total. The Morgan fingerprint density at radius 3 is 2.89 bits per heavy atom. The highest BCUT2D eigenvalue weighted by molar-refractivity contribution is 6.07. The van der Waals surface area contributed by atoms with Crippen molar-refractivity contribution >= 4 is 17.3 Å². The number of ether oxygens (including phenoxy) is 4. The highest BCUT2D eigenvalue weighted by Gasteiger charge is 2.49. The van der Waals surface area contributed by atoms with Gasteiger partial charge >= 0.3 is 0 Å². The topological polar surface area (TPSA) is 107 Å². The Morgan fingerprint density at radius 1 is 1.31 bits per heavy atom. The molecule has 2 fully saturated rings. The third kappa shape index (κ3) is 3.60. The van der Waals surface area contributed by atoms with E-state index < -0.39 is 5.82 Å². The van der Waals surface area contributed by atoms with Crippen LogP contribution in [0.3, 0.4) is 0 Å². The second kappa shape index (κ2) is 8.54. The molecule has 0 saturated carbocycles. The van der Waals surface area contributed by atoms with Gasteiger partial charge in [-0.25, -0.2) is 4.39 Å². The number of fused-ring (bicyclic) bond motifs is 2. The van der Waals surface area contributed by atoms with Crippen LogP contribution in [0.5, 0.6) is 11.5 Å². The van der Waals surface area contributed by atoms with Crippen molar-refractivity contribution in [2.45, 2.75) is 17.9 Å². The molecule has 5 heterocycles. The van der Waals surface area contributed by atoms with Gasteiger partial charge in [-0.3, -0.25) is 9.78 Å². The second-order valence-electron chi connectivity index (χ2n) is 8.99. The van der Waals surface area contributed by atoms with Gasteiger partial charge in [0.15, 0.2) is 11.6 Å². The van der Waals surface area contributed by atoms with Gasteiger partial charge in [-0.15, -0.1) is 0 Å². The lowest BCUT2D eigenvalue weighted by Crippen LogP contribution is -2.58. The van der Waals surface area contributed by atoms with E-state index in [1.165, 1.54) is 13.2 Å². The summed E-state index contributed by atoms with van der Waals surface area (Å²) < 4.78 is 36.9. The average Bonchev–Trinajstić information content (AvgIpc) is 3.18. The van der Waals surface area contributed by atoms with E-state index in [4.69, 9.17) is 18.9 Å². The number of aromatic amines is 1. The van der Waals surface area contributed by atoms with Crippen molar-refractivity contribution in [3.05, 3.63) is 53.7 Å². The standard InChI is InChI=1S/C25H25FN4O5/c1-32-22-16(26)3-2-4-17(22)29-21-19-23(25(12-33-13-25)11-28-24(19)31)30-20(21)15-5-7-27-9-18(15)35-10-14-6-8-34-14/h2-5,7,9,14,29-30H,6,8,10-13H2,1H3,(H,28,31)/t14-/m1/s1. The Bertz CT molecular complexity index is 1280. The van der Waals surface area contributed by atoms with Gasteiger partial charge in [-0.2, -0.15) is 0 Å². The summed E-state index contributed by atoms with van der Waals surface area (Å²) in [6.45, 7) is 2.58. The highest BCUT2D eigenvalue weighted by Crippen LogP contribution is 2.46. The Balaban J connectivity index is 1.50. The first-order valence-electron chi connectivity index (χ1n) is 11.5. The molecule has 3 aliphatic heterocycles. The summed E-state index contributed by atoms with van der Waals surface area (Å²) in [5.41, 5.74) is 3.15. The molecule has 1 atom stereocenters. The van der Waals surface area contributed by atoms with E-state index in [9.17, 15) is 9.18 Å². The molecule has 1 spiro atoms. The van der Waals surface area contributed by atoms with Crippen molar-refractivity contribution in [3.8, 4) is 22.8 Å². The molecule has 0 bridgehead atoms. The molecule has 1 amide bonds. The molecular formula is C25H25FN4O5. The van der Waals surface area contributed by atoms with Crippen LogP contribution in [0.4, 0.5) is 15.8 Å². The predicted octanol–water partition coefficient (Wildman–Crippen LogP) is 3.15. The van der Waals surface area contributed by atoms with E-state index in [0.29, 0.717) is 54.7 Å². The third-order valence-corrected chi connectivity index (χ3v) is 6.80. The van der Waals surface area contributed by atoms with E-state index in [1.54, 1.807) is 24.5 Å². The minimum Gasteiger partial charge on any atom is -0.492 e. The molecule has 2 saturated heterocycles. The van der Waals surface area contributed by atoms with Gasteiger partial charge in [0.1, 0.15) is 12.4 Å². The van der Waals surface area contributed by atoms with E-state index in [0.717, 1.165) is 24.3 Å². The molecule has 0 aliphatic carbocycles. The van der Waals surface area contributed by atoms with Crippen molar-refractivity contribution in [1.82, 2.24) is 15.3 Å². The number of para-hydroxylation sites is 1. The summed E-state index contributed by atoms with van der Waals surface area (Å²) in [6, 6.07) is 6.43. The number of rotatable bonds is 7. The van der Waals surface area contributed by atoms with E-state index in [2.05, 4.69) is 20.6 Å². The van der Waals surface area contributed by atoms with Gasteiger partial charge in [0.05, 0.1) is 60.7 Å². The molecule has 0 radical (unpaired) electrons. The lowest BCUT2D eigenvalue weighted by atomic mass is 9.78. The maximum absolute atomic E-state index is 14.5. The van der Waals surface area contributed by atoms with Gasteiger partial charge in [0, 0.05) is 37.0 Å². The summed E-state index contributed by atoms with van der Waals surface area (Å²) in [4.78, 5) is 20.9. The zero-order valence-corrected chi connectivity index (χ0v) is 19.2. The highest BCUT2D eigenvalue weighted by atomic mass is 19.1. The molecule has 1 aromatic carbocycles. The fourth-order valence-electron chi connectivity index (χ4n) is 4.72. The molecule has 2 aromatic heterocycles. The summed E-state index contributed by atoms with van der Waals surface area (Å²) >= 11 is 0. The number of nitrogens with zero attached hydrogens (tertiary/aromatic N) is 1. The van der Waals surface area contributed by atoms with Crippen LogP contribution < -0.4 is 20.1 Å². The maximum atomic E-state index is 14.5. The van der Waals surface area contributed by atoms with Crippen molar-refractivity contribution in [2.24, 2.45) is 0 Å². The van der Waals surface area contributed by atoms with Gasteiger partial charge in [0.2, 0.25) is 0 Å². The number of aromatic nitrogens is 2. The largest absolute Gasteiger partial charge is 0.492 e. The van der Waals surface area contributed by atoms with E-state index in [1.807, 2.05) is 6.07 Å². The Kier molecular flexibility index (Phi) is 5.34. The van der Waals surface area contributed by atoms with Gasteiger partial charge in [-0.05, 0) is 18.2 Å². The summed E-state index contributed by atoms with van der Waals surface area (Å²) in [7, 11) is 1.40. The van der Waals surface area contributed by atoms with Crippen LogP contribution in [0.15, 0.2) is 36.7 Å². The Morgan fingerprint density at radius 2 is 2.17 bits per heavy atom. The van der Waals surface area contributed by atoms with Gasteiger partial charge in [0.25, 0.3) is 5.91 Å². The van der Waals surface area contributed by atoms with Crippen LogP contribution in [-0.4, -0.2) is 62.1 Å². The molecule has 3 aliphatic rings. The Hall–Kier alpha value is -3.63. The number of H-pyrrole nitrogens is 1. The third-order valence-electron chi connectivity index (χ3n) is 6.80. The van der Waals surface area contributed by atoms with Crippen LogP contribution in [0.1, 0.15) is 22.5 Å². The zero-order valence-electron chi connectivity index (χ0n) is 19.2. The van der Waals surface area contributed by atoms with Crippen LogP contribution in [-0.2, 0) is 14.9 Å². The first-order chi connectivity index (χ1) is 17.1. The summed E-state index contributed by atoms with van der Waals surface area (Å²) in [6.07, 6.45) is 4.30. The molecule has 182 valence electrons. The quantitative estimate of drug-likeness (QED) is 0.477. The van der Waals surface area contributed by atoms with Gasteiger partial charge < -0.3 is 34.6 Å². The number of carbonyl (C=O) groups is 1. The van der Waals surface area contributed by atoms with Crippen molar-refractivity contribution < 1.29 is 28.1 Å². The smallest absolute Gasteiger partial charge is 0.255 e. The number of carbonyl (C=O) groups excluding carboxylic acids is 1. The number of anilines is 2. The molecule has 3 N–H and O–H groups in total. The lowest BCUT2D eigenvalue weighted by molar-refractivity contribution is -0.0720. The van der Waals surface area contributed by atoms with Gasteiger partial charge in [-0.1, -0.05) is 6.07 Å². The first kappa shape index (κ1) is 21.9. The number of amides is 1. The number of hydrogen-bond acceptors (Lipinski definition) is 7. The minimum atomic E-state index is -0.509. The number of benzene rings is 1. The molecule has 35 heavy (non-hydrogen) atoms. The number of nitrogens with one attached hydrogen (secondary N) is 3. The first-order valence-corrected chi connectivity index (χ1v) is 11.5. The summed E-state index contributed by atoms with van der Waals surface area (Å²) in [5, 5.41) is 6.26. The monoisotopic (exact) mass is 480 g/mol. The van der Waals surface area contributed by atoms with Crippen molar-refractivity contribution in [2.75, 3.05) is 45.4 Å². The molecule has 3 aromatic rings. The number of halogens is 1. The second-order valence-corrected chi connectivity index (χ2v) is 8.99. The van der Waals surface area contributed by atoms with Crippen molar-refractivity contribution in [3.63, 3.8) is 0 Å². The number of pyridine rings is 1. The fourth-order valence-corrected chi connectivity index (χ4v) is 4.72. The predicted molar refractivity (Wildman–Crippen MR) is 125 cm³/mol. The molecule has 0 unspecified atom stereocenters. The molecule has 6 rings (SSSR count). The SMILES string of the molecule is COc1c(F)cccc1Nc1c(-c2ccncc2OC[C@H]2CCO2)[nH]c2c1C(=O)NCC21COC1. The maximum Gasteiger partial charge on any atom is 0.255 e. The van der Waals surface area contributed by atoms with Crippen LogP contribution >= 0.6 is 0 Å². The van der Waals surface area contributed by atoms with Crippen LogP contribution in [0, 0.1) is 5.82 Å². The normalized spacial score (nSPS) is 19.8. The lowest BCUT2D eigenvalue weighted by Gasteiger charge is -2.43. The number of methoxy groups -OCH3 is 1. The average molecular weight is 480 g/mol. The Labute approximate surface area is 200 Å². The van der Waals surface area contributed by atoms with Crippen molar-refractivity contribution in [1.29, 1.82) is 0 Å². The van der Waals surface area contributed by atoms with E-state index in [-0.39, 0.29) is 23.2 Å². The zero-order chi connectivity index (χ0) is 24.0. The molecular weight excluding hydrogens is 455 g/mol.